The van der Waals surface area contributed by atoms with Crippen LogP contribution >= 0.6 is 11.8 Å². The molecule has 3 heteroatoms. The predicted octanol–water partition coefficient (Wildman–Crippen LogP) is 0.850. The van der Waals surface area contributed by atoms with Crippen LogP contribution in [-0.4, -0.2) is 5.25 Å². The topological polar surface area (TPSA) is 26.9 Å². The van der Waals surface area contributed by atoms with Gasteiger partial charge in [-0.1, -0.05) is 6.07 Å². The summed E-state index contributed by atoms with van der Waals surface area (Å²) in [5.41, 5.74) is 1.18. The molecule has 2 heterocycles. The van der Waals surface area contributed by atoms with E-state index in [-0.39, 0.29) is 5.75 Å². The number of aromatic nitrogens is 1. The Bertz CT molecular complexity index is 294. The number of hydrogen-bond donors (Lipinski definition) is 0. The molecule has 0 spiro atoms. The molecule has 1 aliphatic heterocycles. The summed E-state index contributed by atoms with van der Waals surface area (Å²) in [7, 11) is 0. The molecule has 0 aliphatic carbocycles. The second-order valence-electron chi connectivity index (χ2n) is 3.18. The van der Waals surface area contributed by atoms with Gasteiger partial charge in [-0.2, -0.15) is 4.57 Å². The van der Waals surface area contributed by atoms with Gasteiger partial charge >= 0.3 is 0 Å². The Kier molecular flexibility index (Phi) is 1.76. The first kappa shape index (κ1) is 7.92. The normalized spacial score (nSPS) is 21.0. The average Bonchev–Trinajstić information content (AvgIpc) is 2.41. The number of thioether (sulfide) groups is 1. The third-order valence-corrected chi connectivity index (χ3v) is 3.31. The molecular formula is C9H11NOS. The fourth-order valence-electron chi connectivity index (χ4n) is 1.48. The molecule has 12 heavy (non-hydrogen) atoms. The lowest BCUT2D eigenvalue weighted by Crippen LogP contribution is -2.38. The summed E-state index contributed by atoms with van der Waals surface area (Å²) in [6, 6.07) is 3.55. The minimum absolute atomic E-state index is 0.162. The third kappa shape index (κ3) is 1.08. The Balaban J connectivity index is 2.56. The van der Waals surface area contributed by atoms with Crippen molar-refractivity contribution < 1.29 is 9.67 Å². The van der Waals surface area contributed by atoms with Gasteiger partial charge in [0, 0.05) is 13.0 Å². The number of rotatable bonds is 0. The number of hydrogen-bond acceptors (Lipinski definition) is 2. The fraction of sp³-hybridized carbons (Fsp3) is 0.444. The van der Waals surface area contributed by atoms with Crippen molar-refractivity contribution in [3.8, 4) is 5.75 Å². The molecule has 0 fully saturated rings. The zero-order valence-corrected chi connectivity index (χ0v) is 8.02. The van der Waals surface area contributed by atoms with Crippen LogP contribution in [0.2, 0.25) is 0 Å². The molecule has 0 N–H and O–H groups in total. The SMILES string of the molecule is Cc1ccc([O-])c2[n+]1CC(C)S2. The number of fused-ring (bicyclic) bond motifs is 1. The Morgan fingerprint density at radius 1 is 1.58 bits per heavy atom. The molecule has 0 bridgehead atoms. The summed E-state index contributed by atoms with van der Waals surface area (Å²) >= 11 is 1.68. The van der Waals surface area contributed by atoms with Gasteiger partial charge in [0.2, 0.25) is 5.03 Å². The van der Waals surface area contributed by atoms with Gasteiger partial charge in [0.05, 0.1) is 5.25 Å². The van der Waals surface area contributed by atoms with Gasteiger partial charge in [0.15, 0.2) is 12.2 Å². The number of pyridine rings is 1. The molecule has 1 aliphatic rings. The monoisotopic (exact) mass is 181 g/mol. The van der Waals surface area contributed by atoms with Crippen molar-refractivity contribution in [2.24, 2.45) is 0 Å². The summed E-state index contributed by atoms with van der Waals surface area (Å²) in [5.74, 6) is 0.162. The molecule has 64 valence electrons. The minimum Gasteiger partial charge on any atom is -0.868 e. The lowest BCUT2D eigenvalue weighted by atomic mass is 10.3. The van der Waals surface area contributed by atoms with Crippen molar-refractivity contribution in [2.45, 2.75) is 30.7 Å². The van der Waals surface area contributed by atoms with Crippen LogP contribution in [0.4, 0.5) is 0 Å². The Morgan fingerprint density at radius 2 is 2.33 bits per heavy atom. The van der Waals surface area contributed by atoms with Crippen LogP contribution in [0.1, 0.15) is 12.6 Å². The van der Waals surface area contributed by atoms with E-state index < -0.39 is 0 Å². The van der Waals surface area contributed by atoms with Crippen LogP contribution in [0.15, 0.2) is 17.2 Å². The highest BCUT2D eigenvalue weighted by atomic mass is 32.2. The Morgan fingerprint density at radius 3 is 3.00 bits per heavy atom. The van der Waals surface area contributed by atoms with Crippen molar-refractivity contribution in [2.75, 3.05) is 0 Å². The molecule has 1 aromatic heterocycles. The summed E-state index contributed by atoms with van der Waals surface area (Å²) < 4.78 is 2.11. The van der Waals surface area contributed by atoms with E-state index >= 15 is 0 Å². The lowest BCUT2D eigenvalue weighted by Gasteiger charge is -2.05. The highest BCUT2D eigenvalue weighted by Crippen LogP contribution is 2.31. The van der Waals surface area contributed by atoms with Crippen molar-refractivity contribution in [3.63, 3.8) is 0 Å². The maximum atomic E-state index is 11.4. The van der Waals surface area contributed by atoms with E-state index in [1.165, 1.54) is 5.69 Å². The van der Waals surface area contributed by atoms with Crippen LogP contribution in [0.3, 0.4) is 0 Å². The van der Waals surface area contributed by atoms with Gasteiger partial charge in [0.25, 0.3) is 0 Å². The standard InChI is InChI=1S/C9H11NOS/c1-6-3-4-8(11)9-10(6)5-7(2)12-9/h3-4,7H,5H2,1-2H3. The fourth-order valence-corrected chi connectivity index (χ4v) is 2.62. The van der Waals surface area contributed by atoms with Crippen LogP contribution in [-0.2, 0) is 6.54 Å². The van der Waals surface area contributed by atoms with Gasteiger partial charge < -0.3 is 5.11 Å². The second-order valence-corrected chi connectivity index (χ2v) is 4.61. The molecule has 0 radical (unpaired) electrons. The van der Waals surface area contributed by atoms with E-state index in [1.807, 2.05) is 13.0 Å². The molecule has 2 rings (SSSR count). The number of nitrogens with zero attached hydrogens (tertiary/aromatic N) is 1. The van der Waals surface area contributed by atoms with Gasteiger partial charge in [-0.15, -0.1) is 0 Å². The predicted molar refractivity (Wildman–Crippen MR) is 46.1 cm³/mol. The summed E-state index contributed by atoms with van der Waals surface area (Å²) in [6.07, 6.45) is 0. The van der Waals surface area contributed by atoms with Crippen molar-refractivity contribution in [1.29, 1.82) is 0 Å². The van der Waals surface area contributed by atoms with E-state index in [4.69, 9.17) is 0 Å². The number of aryl methyl sites for hydroxylation is 1. The first-order valence-corrected chi connectivity index (χ1v) is 4.93. The highest BCUT2D eigenvalue weighted by molar-refractivity contribution is 7.99. The van der Waals surface area contributed by atoms with Crippen molar-refractivity contribution in [1.82, 2.24) is 0 Å². The average molecular weight is 181 g/mol. The van der Waals surface area contributed by atoms with Crippen LogP contribution in [0.5, 0.6) is 5.75 Å². The second kappa shape index (κ2) is 2.66. The molecule has 1 atom stereocenters. The first-order valence-electron chi connectivity index (χ1n) is 4.05. The Labute approximate surface area is 76.2 Å². The van der Waals surface area contributed by atoms with Gasteiger partial charge in [-0.3, -0.25) is 0 Å². The quantitative estimate of drug-likeness (QED) is 0.555. The smallest absolute Gasteiger partial charge is 0.232 e. The summed E-state index contributed by atoms with van der Waals surface area (Å²) in [6.45, 7) is 5.17. The first-order chi connectivity index (χ1) is 5.68. The van der Waals surface area contributed by atoms with E-state index in [1.54, 1.807) is 17.8 Å². The van der Waals surface area contributed by atoms with E-state index in [0.29, 0.717) is 5.25 Å². The zero-order valence-electron chi connectivity index (χ0n) is 7.20. The van der Waals surface area contributed by atoms with E-state index in [9.17, 15) is 5.11 Å². The molecule has 2 nitrogen and oxygen atoms in total. The van der Waals surface area contributed by atoms with Crippen molar-refractivity contribution >= 4 is 11.8 Å². The summed E-state index contributed by atoms with van der Waals surface area (Å²) in [4.78, 5) is 0. The third-order valence-electron chi connectivity index (χ3n) is 2.11. The Hall–Kier alpha value is -0.700. The molecule has 1 unspecified atom stereocenters. The maximum absolute atomic E-state index is 11.4. The minimum atomic E-state index is 0.162. The van der Waals surface area contributed by atoms with Crippen LogP contribution < -0.4 is 9.67 Å². The van der Waals surface area contributed by atoms with Crippen LogP contribution in [0.25, 0.3) is 0 Å². The van der Waals surface area contributed by atoms with Gasteiger partial charge in [-0.25, -0.2) is 0 Å². The molecule has 0 saturated carbocycles. The van der Waals surface area contributed by atoms with Gasteiger partial charge in [-0.05, 0) is 24.4 Å². The summed E-state index contributed by atoms with van der Waals surface area (Å²) in [5, 5.41) is 12.8. The van der Waals surface area contributed by atoms with Gasteiger partial charge in [0.1, 0.15) is 0 Å². The maximum Gasteiger partial charge on any atom is 0.232 e. The molecule has 0 amide bonds. The van der Waals surface area contributed by atoms with Crippen molar-refractivity contribution in [3.05, 3.63) is 17.8 Å². The highest BCUT2D eigenvalue weighted by Gasteiger charge is 2.28. The molecule has 1 aromatic rings. The zero-order chi connectivity index (χ0) is 8.72. The molecule has 0 aromatic carbocycles. The largest absolute Gasteiger partial charge is 0.868 e. The van der Waals surface area contributed by atoms with E-state index in [2.05, 4.69) is 11.5 Å². The lowest BCUT2D eigenvalue weighted by molar-refractivity contribution is -0.734. The molecule has 0 saturated heterocycles. The van der Waals surface area contributed by atoms with E-state index in [0.717, 1.165) is 11.6 Å². The molecular weight excluding hydrogens is 170 g/mol. The van der Waals surface area contributed by atoms with Crippen LogP contribution in [0, 0.1) is 6.92 Å².